The molecule has 0 aliphatic carbocycles. The molecule has 1 aliphatic heterocycles. The Balaban J connectivity index is 1.52. The van der Waals surface area contributed by atoms with Crippen molar-refractivity contribution in [1.29, 1.82) is 0 Å². The van der Waals surface area contributed by atoms with Gasteiger partial charge in [0.25, 0.3) is 0 Å². The zero-order valence-electron chi connectivity index (χ0n) is 15.6. The summed E-state index contributed by atoms with van der Waals surface area (Å²) < 4.78 is 0. The van der Waals surface area contributed by atoms with Gasteiger partial charge in [-0.05, 0) is 61.1 Å². The number of carbonyl (C=O) groups is 2. The molecule has 6 heteroatoms. The fourth-order valence-corrected chi connectivity index (χ4v) is 3.49. The quantitative estimate of drug-likeness (QED) is 0.793. The molecule has 27 heavy (non-hydrogen) atoms. The summed E-state index contributed by atoms with van der Waals surface area (Å²) in [5.41, 5.74) is 5.07. The van der Waals surface area contributed by atoms with Gasteiger partial charge in [-0.1, -0.05) is 29.8 Å². The van der Waals surface area contributed by atoms with Gasteiger partial charge in [-0.15, -0.1) is 0 Å². The highest BCUT2D eigenvalue weighted by atomic mass is 35.5. The number of carbonyl (C=O) groups excluding carboxylic acids is 2. The van der Waals surface area contributed by atoms with Gasteiger partial charge in [-0.2, -0.15) is 0 Å². The van der Waals surface area contributed by atoms with E-state index in [1.165, 1.54) is 11.3 Å². The predicted octanol–water partition coefficient (Wildman–Crippen LogP) is 3.33. The molecular formula is C21H24ClN3O2. The van der Waals surface area contributed by atoms with Crippen LogP contribution in [0.4, 0.5) is 11.4 Å². The predicted molar refractivity (Wildman–Crippen MR) is 110 cm³/mol. The molecule has 2 aromatic rings. The molecule has 0 saturated carbocycles. The zero-order valence-corrected chi connectivity index (χ0v) is 16.4. The lowest BCUT2D eigenvalue weighted by Crippen LogP contribution is -2.36. The first-order valence-corrected chi connectivity index (χ1v) is 9.50. The first-order valence-electron chi connectivity index (χ1n) is 9.13. The third kappa shape index (κ3) is 4.61. The minimum Gasteiger partial charge on any atom is -0.374 e. The van der Waals surface area contributed by atoms with Crippen molar-refractivity contribution < 1.29 is 9.59 Å². The molecule has 0 bridgehead atoms. The molecule has 1 heterocycles. The first-order chi connectivity index (χ1) is 13.0. The van der Waals surface area contributed by atoms with Crippen molar-refractivity contribution in [2.75, 3.05) is 30.4 Å². The molecule has 2 amide bonds. The maximum Gasteiger partial charge on any atom is 0.313 e. The molecule has 2 aromatic carbocycles. The number of amides is 2. The van der Waals surface area contributed by atoms with Crippen LogP contribution in [0.15, 0.2) is 36.4 Å². The Hall–Kier alpha value is -2.53. The molecule has 0 saturated heterocycles. The number of rotatable bonds is 4. The highest BCUT2D eigenvalue weighted by Crippen LogP contribution is 2.27. The molecule has 0 unspecified atom stereocenters. The lowest BCUT2D eigenvalue weighted by atomic mass is 9.98. The monoisotopic (exact) mass is 385 g/mol. The van der Waals surface area contributed by atoms with Crippen LogP contribution in [0, 0.1) is 6.92 Å². The van der Waals surface area contributed by atoms with Crippen molar-refractivity contribution in [2.24, 2.45) is 0 Å². The van der Waals surface area contributed by atoms with Crippen molar-refractivity contribution in [1.82, 2.24) is 5.32 Å². The second-order valence-electron chi connectivity index (χ2n) is 6.86. The Kier molecular flexibility index (Phi) is 6.01. The maximum atomic E-state index is 12.1. The van der Waals surface area contributed by atoms with E-state index in [-0.39, 0.29) is 0 Å². The number of fused-ring (bicyclic) bond motifs is 1. The number of anilines is 2. The molecule has 0 radical (unpaired) electrons. The number of hydrogen-bond donors (Lipinski definition) is 2. The fraction of sp³-hybridized carbons (Fsp3) is 0.333. The highest BCUT2D eigenvalue weighted by Gasteiger charge is 2.16. The molecule has 142 valence electrons. The summed E-state index contributed by atoms with van der Waals surface area (Å²) in [4.78, 5) is 26.4. The highest BCUT2D eigenvalue weighted by molar-refractivity contribution is 6.40. The lowest BCUT2D eigenvalue weighted by molar-refractivity contribution is -0.136. The molecule has 2 N–H and O–H groups in total. The van der Waals surface area contributed by atoms with Crippen LogP contribution < -0.4 is 15.5 Å². The summed E-state index contributed by atoms with van der Waals surface area (Å²) in [5, 5.41) is 5.83. The third-order valence-electron chi connectivity index (χ3n) is 4.92. The largest absolute Gasteiger partial charge is 0.374 e. The minimum absolute atomic E-state index is 0.412. The number of nitrogens with one attached hydrogen (secondary N) is 2. The van der Waals surface area contributed by atoms with Crippen molar-refractivity contribution in [3.63, 3.8) is 0 Å². The van der Waals surface area contributed by atoms with E-state index in [1.807, 2.05) is 0 Å². The number of halogens is 1. The summed E-state index contributed by atoms with van der Waals surface area (Å²) in [6.45, 7) is 3.29. The van der Waals surface area contributed by atoms with Gasteiger partial charge in [-0.25, -0.2) is 0 Å². The van der Waals surface area contributed by atoms with Crippen molar-refractivity contribution >= 4 is 34.8 Å². The average Bonchev–Trinajstić information content (AvgIpc) is 2.65. The Labute approximate surface area is 164 Å². The second-order valence-corrected chi connectivity index (χ2v) is 7.27. The molecule has 3 rings (SSSR count). The normalized spacial score (nSPS) is 13.1. The average molecular weight is 386 g/mol. The van der Waals surface area contributed by atoms with Crippen molar-refractivity contribution in [2.45, 2.75) is 26.2 Å². The van der Waals surface area contributed by atoms with Crippen molar-refractivity contribution in [3.05, 3.63) is 58.1 Å². The second kappa shape index (κ2) is 8.44. The number of nitrogens with zero attached hydrogens (tertiary/aromatic N) is 1. The lowest BCUT2D eigenvalue weighted by Gasteiger charge is -2.27. The molecule has 0 atom stereocenters. The SMILES string of the molecule is Cc1c(Cl)cccc1NC(=O)C(=O)NCCc1ccc2c(c1)CCCN2C. The summed E-state index contributed by atoms with van der Waals surface area (Å²) in [6.07, 6.45) is 2.93. The topological polar surface area (TPSA) is 61.4 Å². The van der Waals surface area contributed by atoms with E-state index >= 15 is 0 Å². The molecular weight excluding hydrogens is 362 g/mol. The number of aryl methyl sites for hydroxylation is 1. The van der Waals surface area contributed by atoms with E-state index in [2.05, 4.69) is 40.8 Å². The Morgan fingerprint density at radius 1 is 1.19 bits per heavy atom. The van der Waals surface area contributed by atoms with Crippen molar-refractivity contribution in [3.8, 4) is 0 Å². The molecule has 0 aromatic heterocycles. The Bertz CT molecular complexity index is 867. The van der Waals surface area contributed by atoms with Gasteiger partial charge in [0.05, 0.1) is 0 Å². The molecule has 1 aliphatic rings. The van der Waals surface area contributed by atoms with E-state index < -0.39 is 11.8 Å². The van der Waals surface area contributed by atoms with Gasteiger partial charge < -0.3 is 15.5 Å². The van der Waals surface area contributed by atoms with Crippen LogP contribution in [0.25, 0.3) is 0 Å². The van der Waals surface area contributed by atoms with Gasteiger partial charge in [0, 0.05) is 36.5 Å². The first kappa shape index (κ1) is 19.2. The van der Waals surface area contributed by atoms with Crippen LogP contribution in [-0.2, 0) is 22.4 Å². The van der Waals surface area contributed by atoms with E-state index in [1.54, 1.807) is 25.1 Å². The standard InChI is InChI=1S/C21H24ClN3O2/c1-14-17(22)6-3-7-18(14)24-21(27)20(26)23-11-10-15-8-9-19-16(13-15)5-4-12-25(19)2/h3,6-9,13H,4-5,10-12H2,1-2H3,(H,23,26)(H,24,27). The smallest absolute Gasteiger partial charge is 0.313 e. The van der Waals surface area contributed by atoms with E-state index in [9.17, 15) is 9.59 Å². The van der Waals surface area contributed by atoms with Gasteiger partial charge in [-0.3, -0.25) is 9.59 Å². The zero-order chi connectivity index (χ0) is 19.4. The van der Waals surface area contributed by atoms with Gasteiger partial charge in [0.1, 0.15) is 0 Å². The minimum atomic E-state index is -0.688. The van der Waals surface area contributed by atoms with Crippen LogP contribution in [0.1, 0.15) is 23.1 Å². The van der Waals surface area contributed by atoms with Crippen LogP contribution in [0.5, 0.6) is 0 Å². The molecule has 5 nitrogen and oxygen atoms in total. The van der Waals surface area contributed by atoms with Crippen LogP contribution >= 0.6 is 11.6 Å². The van der Waals surface area contributed by atoms with E-state index in [0.29, 0.717) is 23.7 Å². The summed E-state index contributed by atoms with van der Waals surface area (Å²) in [6, 6.07) is 11.6. The third-order valence-corrected chi connectivity index (χ3v) is 5.33. The van der Waals surface area contributed by atoms with E-state index in [4.69, 9.17) is 11.6 Å². The summed E-state index contributed by atoms with van der Waals surface area (Å²) in [5.74, 6) is -1.33. The summed E-state index contributed by atoms with van der Waals surface area (Å²) >= 11 is 6.03. The van der Waals surface area contributed by atoms with Gasteiger partial charge >= 0.3 is 11.8 Å². The Morgan fingerprint density at radius 3 is 2.81 bits per heavy atom. The Morgan fingerprint density at radius 2 is 2.00 bits per heavy atom. The molecule has 0 fully saturated rings. The van der Waals surface area contributed by atoms with E-state index in [0.717, 1.165) is 30.5 Å². The number of benzene rings is 2. The van der Waals surface area contributed by atoms with Gasteiger partial charge in [0.2, 0.25) is 0 Å². The van der Waals surface area contributed by atoms with Gasteiger partial charge in [0.15, 0.2) is 0 Å². The van der Waals surface area contributed by atoms with Crippen LogP contribution in [-0.4, -0.2) is 32.0 Å². The number of hydrogen-bond acceptors (Lipinski definition) is 3. The maximum absolute atomic E-state index is 12.1. The van der Waals surface area contributed by atoms with Crippen LogP contribution in [0.3, 0.4) is 0 Å². The van der Waals surface area contributed by atoms with Crippen LogP contribution in [0.2, 0.25) is 5.02 Å². The summed E-state index contributed by atoms with van der Waals surface area (Å²) in [7, 11) is 2.11. The fourth-order valence-electron chi connectivity index (χ4n) is 3.32. The molecule has 0 spiro atoms.